The quantitative estimate of drug-likeness (QED) is 0.416. The summed E-state index contributed by atoms with van der Waals surface area (Å²) in [6.07, 6.45) is 1.46. The second-order valence-corrected chi connectivity index (χ2v) is 4.57. The van der Waals surface area contributed by atoms with Gasteiger partial charge in [0.1, 0.15) is 18.2 Å². The molecule has 0 spiro atoms. The lowest BCUT2D eigenvalue weighted by molar-refractivity contribution is 0.423. The van der Waals surface area contributed by atoms with Crippen LogP contribution in [0.1, 0.15) is 0 Å². The highest BCUT2D eigenvalue weighted by Gasteiger charge is 2.28. The van der Waals surface area contributed by atoms with E-state index in [0.717, 1.165) is 4.41 Å². The normalized spacial score (nSPS) is 16.9. The Bertz CT molecular complexity index is 364. The molecule has 1 aliphatic rings. The highest BCUT2D eigenvalue weighted by molar-refractivity contribution is 7.89. The van der Waals surface area contributed by atoms with Crippen LogP contribution in [0, 0.1) is 5.41 Å². The number of amidine groups is 1. The van der Waals surface area contributed by atoms with Crippen LogP contribution in [0.4, 0.5) is 4.39 Å². The zero-order valence-electron chi connectivity index (χ0n) is 7.33. The van der Waals surface area contributed by atoms with E-state index in [-0.39, 0.29) is 18.1 Å². The summed E-state index contributed by atoms with van der Waals surface area (Å²) < 4.78 is 35.4. The van der Waals surface area contributed by atoms with Crippen molar-refractivity contribution in [1.82, 2.24) is 9.84 Å². The predicted octanol–water partition coefficient (Wildman–Crippen LogP) is -1.07. The minimum atomic E-state index is -3.75. The molecular weight excluding hydrogens is 211 g/mol. The van der Waals surface area contributed by atoms with Crippen LogP contribution in [0.5, 0.6) is 0 Å². The van der Waals surface area contributed by atoms with Crippen molar-refractivity contribution >= 4 is 15.9 Å². The van der Waals surface area contributed by atoms with Gasteiger partial charge in [0.15, 0.2) is 0 Å². The summed E-state index contributed by atoms with van der Waals surface area (Å²) in [5, 5.41) is 7.10. The highest BCUT2D eigenvalue weighted by Crippen LogP contribution is 2.12. The van der Waals surface area contributed by atoms with E-state index >= 15 is 0 Å². The average Bonchev–Trinajstić information content (AvgIpc) is 2.51. The lowest BCUT2D eigenvalue weighted by Crippen LogP contribution is -2.42. The van der Waals surface area contributed by atoms with Crippen molar-refractivity contribution in [3.63, 3.8) is 0 Å². The summed E-state index contributed by atoms with van der Waals surface area (Å²) in [6.45, 7) is -0.702. The van der Waals surface area contributed by atoms with Crippen LogP contribution in [0.2, 0.25) is 0 Å². The third-order valence-electron chi connectivity index (χ3n) is 1.64. The molecule has 14 heavy (non-hydrogen) atoms. The highest BCUT2D eigenvalue weighted by atomic mass is 32.2. The first-order chi connectivity index (χ1) is 6.49. The first kappa shape index (κ1) is 10.9. The maximum Gasteiger partial charge on any atom is 0.251 e. The van der Waals surface area contributed by atoms with E-state index in [1.54, 1.807) is 0 Å². The standard InChI is InChI=1S/C6H11FN4O2S/c7-2-4-14(12,13)11-5(6(8)9)1-3-10-11/h1,10H,2-4H2,(H3,8,9). The molecule has 1 rings (SSSR count). The summed E-state index contributed by atoms with van der Waals surface area (Å²) in [5.74, 6) is -0.984. The molecule has 0 aliphatic carbocycles. The van der Waals surface area contributed by atoms with Crippen LogP contribution in [0.3, 0.4) is 0 Å². The van der Waals surface area contributed by atoms with Crippen molar-refractivity contribution in [1.29, 1.82) is 5.41 Å². The number of nitrogens with two attached hydrogens (primary N) is 1. The molecule has 0 saturated heterocycles. The lowest BCUT2D eigenvalue weighted by atomic mass is 10.4. The lowest BCUT2D eigenvalue weighted by Gasteiger charge is -2.20. The molecule has 0 unspecified atom stereocenters. The van der Waals surface area contributed by atoms with E-state index in [2.05, 4.69) is 5.43 Å². The molecule has 1 heterocycles. The minimum absolute atomic E-state index is 0.0541. The van der Waals surface area contributed by atoms with Gasteiger partial charge in [-0.25, -0.2) is 18.2 Å². The van der Waals surface area contributed by atoms with Crippen molar-refractivity contribution < 1.29 is 12.8 Å². The number of halogens is 1. The molecule has 8 heteroatoms. The van der Waals surface area contributed by atoms with Gasteiger partial charge in [0.05, 0.1) is 5.75 Å². The summed E-state index contributed by atoms with van der Waals surface area (Å²) in [6, 6.07) is 0. The molecule has 4 N–H and O–H groups in total. The molecule has 0 amide bonds. The van der Waals surface area contributed by atoms with Crippen LogP contribution in [-0.4, -0.2) is 37.6 Å². The molecule has 6 nitrogen and oxygen atoms in total. The predicted molar refractivity (Wildman–Crippen MR) is 49.6 cm³/mol. The number of hydrogen-bond acceptors (Lipinski definition) is 4. The number of alkyl halides is 1. The fraction of sp³-hybridized carbons (Fsp3) is 0.500. The Labute approximate surface area is 81.1 Å². The second-order valence-electron chi connectivity index (χ2n) is 2.63. The van der Waals surface area contributed by atoms with Crippen LogP contribution in [0.25, 0.3) is 0 Å². The van der Waals surface area contributed by atoms with Crippen molar-refractivity contribution in [2.75, 3.05) is 19.0 Å². The maximum absolute atomic E-state index is 11.9. The Morgan fingerprint density at radius 1 is 1.79 bits per heavy atom. The van der Waals surface area contributed by atoms with Crippen molar-refractivity contribution in [3.05, 3.63) is 11.8 Å². The SMILES string of the molecule is N=C(N)C1=CCNN1S(=O)(=O)CCF. The van der Waals surface area contributed by atoms with Crippen LogP contribution in [0.15, 0.2) is 11.8 Å². The second kappa shape index (κ2) is 3.93. The number of hydrogen-bond donors (Lipinski definition) is 3. The van der Waals surface area contributed by atoms with Gasteiger partial charge in [0.25, 0.3) is 10.0 Å². The van der Waals surface area contributed by atoms with Crippen LogP contribution < -0.4 is 11.2 Å². The van der Waals surface area contributed by atoms with E-state index in [0.29, 0.717) is 0 Å². The van der Waals surface area contributed by atoms with Gasteiger partial charge < -0.3 is 5.73 Å². The Morgan fingerprint density at radius 3 is 2.93 bits per heavy atom. The molecule has 0 fully saturated rings. The zero-order valence-corrected chi connectivity index (χ0v) is 8.14. The molecule has 0 atom stereocenters. The van der Waals surface area contributed by atoms with Gasteiger partial charge in [-0.1, -0.05) is 0 Å². The molecular formula is C6H11FN4O2S. The van der Waals surface area contributed by atoms with Gasteiger partial charge in [-0.2, -0.15) is 4.41 Å². The first-order valence-electron chi connectivity index (χ1n) is 3.86. The molecule has 0 aromatic carbocycles. The Morgan fingerprint density at radius 2 is 2.43 bits per heavy atom. The van der Waals surface area contributed by atoms with Crippen molar-refractivity contribution in [2.24, 2.45) is 5.73 Å². The monoisotopic (exact) mass is 222 g/mol. The van der Waals surface area contributed by atoms with E-state index in [1.165, 1.54) is 6.08 Å². The van der Waals surface area contributed by atoms with Gasteiger partial charge in [-0.15, -0.1) is 0 Å². The number of sulfonamides is 1. The van der Waals surface area contributed by atoms with Crippen molar-refractivity contribution in [3.8, 4) is 0 Å². The fourth-order valence-corrected chi connectivity index (χ4v) is 2.17. The Kier molecular flexibility index (Phi) is 3.06. The van der Waals surface area contributed by atoms with Crippen LogP contribution in [-0.2, 0) is 10.0 Å². The molecule has 1 aliphatic heterocycles. The summed E-state index contributed by atoms with van der Waals surface area (Å²) in [5.41, 5.74) is 7.69. The van der Waals surface area contributed by atoms with E-state index in [1.807, 2.05) is 0 Å². The third-order valence-corrected chi connectivity index (χ3v) is 3.19. The number of nitrogens with zero attached hydrogens (tertiary/aromatic N) is 1. The molecule has 0 bridgehead atoms. The Balaban J connectivity index is 2.90. The zero-order chi connectivity index (χ0) is 10.8. The van der Waals surface area contributed by atoms with Crippen molar-refractivity contribution in [2.45, 2.75) is 0 Å². The molecule has 80 valence electrons. The van der Waals surface area contributed by atoms with Crippen LogP contribution >= 0.6 is 0 Å². The average molecular weight is 222 g/mol. The summed E-state index contributed by atoms with van der Waals surface area (Å²) in [7, 11) is -3.75. The Hall–Kier alpha value is -1.15. The summed E-state index contributed by atoms with van der Waals surface area (Å²) >= 11 is 0. The van der Waals surface area contributed by atoms with E-state index < -0.39 is 22.5 Å². The minimum Gasteiger partial charge on any atom is -0.382 e. The molecule has 0 aromatic rings. The molecule has 0 radical (unpaired) electrons. The topological polar surface area (TPSA) is 99.3 Å². The number of hydrazine groups is 1. The fourth-order valence-electron chi connectivity index (χ4n) is 1.05. The van der Waals surface area contributed by atoms with Gasteiger partial charge in [0.2, 0.25) is 0 Å². The van der Waals surface area contributed by atoms with Gasteiger partial charge >= 0.3 is 0 Å². The smallest absolute Gasteiger partial charge is 0.251 e. The van der Waals surface area contributed by atoms with E-state index in [4.69, 9.17) is 11.1 Å². The van der Waals surface area contributed by atoms with Gasteiger partial charge in [0, 0.05) is 6.54 Å². The van der Waals surface area contributed by atoms with Gasteiger partial charge in [-0.3, -0.25) is 5.41 Å². The molecule has 0 saturated carbocycles. The van der Waals surface area contributed by atoms with Gasteiger partial charge in [-0.05, 0) is 6.08 Å². The largest absolute Gasteiger partial charge is 0.382 e. The first-order valence-corrected chi connectivity index (χ1v) is 5.47. The third kappa shape index (κ3) is 2.02. The van der Waals surface area contributed by atoms with E-state index in [9.17, 15) is 12.8 Å². The maximum atomic E-state index is 11.9. The number of rotatable bonds is 4. The number of nitrogens with one attached hydrogen (secondary N) is 2. The summed E-state index contributed by atoms with van der Waals surface area (Å²) in [4.78, 5) is 0. The molecule has 0 aromatic heterocycles.